The van der Waals surface area contributed by atoms with Crippen LogP contribution >= 0.6 is 0 Å². The summed E-state index contributed by atoms with van der Waals surface area (Å²) >= 11 is 0. The molecule has 1 saturated heterocycles. The van der Waals surface area contributed by atoms with E-state index in [1.807, 2.05) is 30.3 Å². The van der Waals surface area contributed by atoms with E-state index in [-0.39, 0.29) is 42.4 Å². The van der Waals surface area contributed by atoms with Gasteiger partial charge in [-0.25, -0.2) is 0 Å². The quantitative estimate of drug-likeness (QED) is 0.327. The first-order valence-corrected chi connectivity index (χ1v) is 13.4. The highest BCUT2D eigenvalue weighted by molar-refractivity contribution is 5.93. The van der Waals surface area contributed by atoms with Crippen molar-refractivity contribution in [1.29, 1.82) is 0 Å². The fourth-order valence-electron chi connectivity index (χ4n) is 4.74. The molecule has 0 bridgehead atoms. The Morgan fingerprint density at radius 1 is 1.02 bits per heavy atom. The molecule has 1 fully saturated rings. The minimum absolute atomic E-state index is 0.0601. The first-order chi connectivity index (χ1) is 19.4. The van der Waals surface area contributed by atoms with Crippen LogP contribution in [0.1, 0.15) is 42.2 Å². The molecule has 1 aromatic heterocycles. The molecule has 2 heterocycles. The van der Waals surface area contributed by atoms with Gasteiger partial charge in [-0.05, 0) is 43.5 Å². The van der Waals surface area contributed by atoms with Crippen LogP contribution in [0.5, 0.6) is 11.5 Å². The second kappa shape index (κ2) is 13.6. The third-order valence-electron chi connectivity index (χ3n) is 6.97. The Balaban J connectivity index is 1.46. The van der Waals surface area contributed by atoms with Crippen LogP contribution < -0.4 is 9.47 Å². The maximum Gasteiger partial charge on any atom is 0.309 e. The Hall–Kier alpha value is -4.34. The number of aromatic nitrogens is 1. The topological polar surface area (TPSA) is 111 Å². The summed E-state index contributed by atoms with van der Waals surface area (Å²) < 4.78 is 21.4. The number of esters is 1. The zero-order valence-electron chi connectivity index (χ0n) is 23.1. The van der Waals surface area contributed by atoms with Crippen molar-refractivity contribution in [2.24, 2.45) is 5.92 Å². The molecule has 0 spiro atoms. The molecule has 2 aromatic carbocycles. The van der Waals surface area contributed by atoms with Crippen LogP contribution in [0.2, 0.25) is 0 Å². The lowest BCUT2D eigenvalue weighted by Crippen LogP contribution is -2.42. The third-order valence-corrected chi connectivity index (χ3v) is 6.97. The van der Waals surface area contributed by atoms with Gasteiger partial charge in [-0.1, -0.05) is 35.5 Å². The number of likely N-dealkylation sites (tertiary alicyclic amines) is 1. The van der Waals surface area contributed by atoms with Gasteiger partial charge in [0, 0.05) is 38.7 Å². The van der Waals surface area contributed by atoms with Gasteiger partial charge in [0.05, 0.1) is 32.3 Å². The highest BCUT2D eigenvalue weighted by atomic mass is 16.5. The monoisotopic (exact) mass is 549 g/mol. The maximum absolute atomic E-state index is 13.6. The zero-order chi connectivity index (χ0) is 28.5. The average Bonchev–Trinajstić information content (AvgIpc) is 3.49. The number of ether oxygens (including phenoxy) is 3. The largest absolute Gasteiger partial charge is 0.497 e. The molecule has 4 rings (SSSR count). The number of rotatable bonds is 11. The van der Waals surface area contributed by atoms with E-state index < -0.39 is 0 Å². The number of carbonyl (C=O) groups is 3. The van der Waals surface area contributed by atoms with Crippen LogP contribution in [0.4, 0.5) is 0 Å². The summed E-state index contributed by atoms with van der Waals surface area (Å²) in [4.78, 5) is 42.1. The molecule has 0 saturated carbocycles. The number of amides is 2. The summed E-state index contributed by atoms with van der Waals surface area (Å²) in [6.45, 7) is 3.63. The van der Waals surface area contributed by atoms with Gasteiger partial charge in [0.25, 0.3) is 5.91 Å². The molecule has 3 aromatic rings. The lowest BCUT2D eigenvalue weighted by molar-refractivity contribution is -0.151. The Morgan fingerprint density at radius 3 is 2.45 bits per heavy atom. The maximum atomic E-state index is 13.6. The van der Waals surface area contributed by atoms with Gasteiger partial charge in [0.1, 0.15) is 11.5 Å². The van der Waals surface area contributed by atoms with Crippen LogP contribution in [0.15, 0.2) is 59.1 Å². The Kier molecular flexibility index (Phi) is 9.77. The highest BCUT2D eigenvalue weighted by Gasteiger charge is 2.29. The molecule has 0 atom stereocenters. The van der Waals surface area contributed by atoms with Gasteiger partial charge in [0.2, 0.25) is 5.91 Å². The number of nitrogens with zero attached hydrogens (tertiary/aromatic N) is 3. The molecule has 0 N–H and O–H groups in total. The predicted molar refractivity (Wildman–Crippen MR) is 147 cm³/mol. The van der Waals surface area contributed by atoms with E-state index in [0.29, 0.717) is 61.9 Å². The van der Waals surface area contributed by atoms with E-state index in [9.17, 15) is 14.4 Å². The van der Waals surface area contributed by atoms with Crippen molar-refractivity contribution < 1.29 is 33.1 Å². The Morgan fingerprint density at radius 2 is 1.77 bits per heavy atom. The second-order valence-electron chi connectivity index (χ2n) is 9.51. The fourth-order valence-corrected chi connectivity index (χ4v) is 4.74. The second-order valence-corrected chi connectivity index (χ2v) is 9.51. The number of methoxy groups -OCH3 is 2. The van der Waals surface area contributed by atoms with Crippen LogP contribution in [-0.4, -0.2) is 73.2 Å². The molecule has 40 heavy (non-hydrogen) atoms. The smallest absolute Gasteiger partial charge is 0.309 e. The van der Waals surface area contributed by atoms with Gasteiger partial charge < -0.3 is 28.5 Å². The van der Waals surface area contributed by atoms with E-state index in [1.54, 1.807) is 55.2 Å². The Labute approximate surface area is 233 Å². The molecule has 1 aliphatic heterocycles. The first-order valence-electron chi connectivity index (χ1n) is 13.4. The van der Waals surface area contributed by atoms with Crippen molar-refractivity contribution in [1.82, 2.24) is 15.0 Å². The van der Waals surface area contributed by atoms with Crippen LogP contribution in [0.3, 0.4) is 0 Å². The molecular weight excluding hydrogens is 514 g/mol. The van der Waals surface area contributed by atoms with Crippen LogP contribution in [0.25, 0.3) is 11.3 Å². The third kappa shape index (κ3) is 6.99. The van der Waals surface area contributed by atoms with Crippen LogP contribution in [0, 0.1) is 5.92 Å². The van der Waals surface area contributed by atoms with Gasteiger partial charge in [-0.2, -0.15) is 0 Å². The average molecular weight is 550 g/mol. The molecule has 0 radical (unpaired) electrons. The molecule has 0 aliphatic carbocycles. The summed E-state index contributed by atoms with van der Waals surface area (Å²) in [5.41, 5.74) is 1.65. The molecule has 212 valence electrons. The van der Waals surface area contributed by atoms with Crippen molar-refractivity contribution in [3.05, 3.63) is 65.9 Å². The Bertz CT molecular complexity index is 1300. The van der Waals surface area contributed by atoms with E-state index >= 15 is 0 Å². The summed E-state index contributed by atoms with van der Waals surface area (Å²) in [5.74, 6) is 0.728. The van der Waals surface area contributed by atoms with Crippen molar-refractivity contribution >= 4 is 17.8 Å². The molecule has 10 heteroatoms. The lowest BCUT2D eigenvalue weighted by Gasteiger charge is -2.31. The summed E-state index contributed by atoms with van der Waals surface area (Å²) in [7, 11) is 3.11. The van der Waals surface area contributed by atoms with E-state index in [1.165, 1.54) is 0 Å². The molecule has 1 aliphatic rings. The SMILES string of the molecule is CCOC(=O)C1CCN(C(=O)CCN(Cc2ccccc2)C(=O)c2cc(-c3cc(OC)ccc3OC)on2)CC1. The fraction of sp³-hybridized carbons (Fsp3) is 0.400. The standard InChI is InChI=1S/C30H35N3O7/c1-4-39-30(36)22-12-15-32(16-13-22)28(34)14-17-33(20-21-8-6-5-7-9-21)29(35)25-19-27(40-31-25)24-18-23(37-2)10-11-26(24)38-3/h5-11,18-19,22H,4,12-17,20H2,1-3H3. The normalized spacial score (nSPS) is 13.5. The first kappa shape index (κ1) is 28.7. The highest BCUT2D eigenvalue weighted by Crippen LogP contribution is 2.34. The molecule has 0 unspecified atom stereocenters. The van der Waals surface area contributed by atoms with Crippen molar-refractivity contribution in [3.63, 3.8) is 0 Å². The van der Waals surface area contributed by atoms with Crippen molar-refractivity contribution in [2.75, 3.05) is 40.5 Å². The van der Waals surface area contributed by atoms with Crippen molar-refractivity contribution in [2.45, 2.75) is 32.7 Å². The zero-order valence-corrected chi connectivity index (χ0v) is 23.1. The molecule has 2 amide bonds. The van der Waals surface area contributed by atoms with Crippen LogP contribution in [-0.2, 0) is 20.9 Å². The summed E-state index contributed by atoms with van der Waals surface area (Å²) in [5, 5.41) is 4.04. The van der Waals surface area contributed by atoms with E-state index in [4.69, 9.17) is 18.7 Å². The number of hydrogen-bond donors (Lipinski definition) is 0. The lowest BCUT2D eigenvalue weighted by atomic mass is 9.97. The molecular formula is C30H35N3O7. The summed E-state index contributed by atoms with van der Waals surface area (Å²) in [6.07, 6.45) is 1.30. The van der Waals surface area contributed by atoms with Gasteiger partial charge >= 0.3 is 5.97 Å². The predicted octanol–water partition coefficient (Wildman–Crippen LogP) is 4.19. The van der Waals surface area contributed by atoms with Gasteiger partial charge in [-0.3, -0.25) is 14.4 Å². The number of hydrogen-bond acceptors (Lipinski definition) is 8. The van der Waals surface area contributed by atoms with E-state index in [2.05, 4.69) is 5.16 Å². The van der Waals surface area contributed by atoms with E-state index in [0.717, 1.165) is 5.56 Å². The summed E-state index contributed by atoms with van der Waals surface area (Å²) in [6, 6.07) is 16.4. The molecule has 10 nitrogen and oxygen atoms in total. The van der Waals surface area contributed by atoms with Gasteiger partial charge in [-0.15, -0.1) is 0 Å². The van der Waals surface area contributed by atoms with Crippen molar-refractivity contribution in [3.8, 4) is 22.8 Å². The number of carbonyl (C=O) groups excluding carboxylic acids is 3. The number of benzene rings is 2. The minimum atomic E-state index is -0.352. The van der Waals surface area contributed by atoms with Gasteiger partial charge in [0.15, 0.2) is 11.5 Å². The minimum Gasteiger partial charge on any atom is -0.497 e. The number of piperidine rings is 1.